The molecule has 4 heteroatoms. The van der Waals surface area contributed by atoms with Crippen molar-refractivity contribution >= 4 is 11.0 Å². The van der Waals surface area contributed by atoms with Crippen molar-refractivity contribution in [3.8, 4) is 78.6 Å². The molecule has 0 atom stereocenters. The molecule has 2 heterocycles. The summed E-state index contributed by atoms with van der Waals surface area (Å²) in [6, 6.07) is 59.1. The SMILES string of the molecule is CC(C)c1cc(-c2nc3c(-c4cc(-c5cc(-c6ccc(-c7ccccc7)cc6)ccn5)cc(C(C)(C)C)c4)cccc3n2-c2ccc(C(C)(C)C(C)(C)C)cc2-c2ccccc2)c(O)c(C(C)C)c1. The monoisotopic (exact) mass is 906 g/mol. The Labute approximate surface area is 410 Å². The van der Waals surface area contributed by atoms with E-state index in [1.54, 1.807) is 0 Å². The van der Waals surface area contributed by atoms with Gasteiger partial charge in [0.1, 0.15) is 11.6 Å². The summed E-state index contributed by atoms with van der Waals surface area (Å²) in [5.41, 5.74) is 18.8. The molecule has 0 saturated heterocycles. The van der Waals surface area contributed by atoms with Gasteiger partial charge in [-0.15, -0.1) is 0 Å². The Balaban J connectivity index is 1.29. The largest absolute Gasteiger partial charge is 0.507 e. The molecule has 9 aromatic rings. The van der Waals surface area contributed by atoms with Gasteiger partial charge < -0.3 is 5.11 Å². The second-order valence-corrected chi connectivity index (χ2v) is 22.2. The predicted octanol–water partition coefficient (Wildman–Crippen LogP) is 18.0. The van der Waals surface area contributed by atoms with E-state index in [-0.39, 0.29) is 33.8 Å². The predicted molar refractivity (Wildman–Crippen MR) is 293 cm³/mol. The summed E-state index contributed by atoms with van der Waals surface area (Å²) in [5, 5.41) is 12.4. The molecule has 7 aromatic carbocycles. The molecule has 4 nitrogen and oxygen atoms in total. The Morgan fingerprint density at radius 3 is 1.72 bits per heavy atom. The number of hydrogen-bond donors (Lipinski definition) is 1. The molecule has 2 aromatic heterocycles. The molecule has 0 bridgehead atoms. The molecule has 0 unspecified atom stereocenters. The summed E-state index contributed by atoms with van der Waals surface area (Å²) in [6.07, 6.45) is 1.93. The van der Waals surface area contributed by atoms with Gasteiger partial charge in [0.05, 0.1) is 28.0 Å². The fraction of sp³-hybridized carbons (Fsp3) is 0.262. The van der Waals surface area contributed by atoms with Crippen LogP contribution in [0, 0.1) is 5.41 Å². The number of aromatic nitrogens is 3. The molecule has 9 rings (SSSR count). The lowest BCUT2D eigenvalue weighted by molar-refractivity contribution is 0.225. The Kier molecular flexibility index (Phi) is 12.4. The zero-order valence-electron chi connectivity index (χ0n) is 42.6. The van der Waals surface area contributed by atoms with Gasteiger partial charge in [0.15, 0.2) is 0 Å². The van der Waals surface area contributed by atoms with Crippen molar-refractivity contribution in [2.24, 2.45) is 5.41 Å². The van der Waals surface area contributed by atoms with E-state index in [4.69, 9.17) is 9.97 Å². The molecule has 0 aliphatic carbocycles. The molecular formula is C65H67N3O. The Morgan fingerprint density at radius 1 is 0.478 bits per heavy atom. The van der Waals surface area contributed by atoms with Crippen LogP contribution in [0.4, 0.5) is 0 Å². The summed E-state index contributed by atoms with van der Waals surface area (Å²) in [6.45, 7) is 27.2. The maximum atomic E-state index is 12.4. The number of phenols is 1. The normalized spacial score (nSPS) is 12.4. The van der Waals surface area contributed by atoms with Gasteiger partial charge in [-0.05, 0) is 132 Å². The van der Waals surface area contributed by atoms with Crippen molar-refractivity contribution in [1.29, 1.82) is 0 Å². The summed E-state index contributed by atoms with van der Waals surface area (Å²) in [5.74, 6) is 1.33. The lowest BCUT2D eigenvalue weighted by atomic mass is 9.65. The van der Waals surface area contributed by atoms with E-state index in [9.17, 15) is 5.11 Å². The molecule has 69 heavy (non-hydrogen) atoms. The van der Waals surface area contributed by atoms with Crippen LogP contribution < -0.4 is 0 Å². The van der Waals surface area contributed by atoms with Crippen LogP contribution in [0.2, 0.25) is 0 Å². The number of pyridine rings is 1. The van der Waals surface area contributed by atoms with Crippen LogP contribution in [0.5, 0.6) is 5.75 Å². The number of benzene rings is 7. The molecule has 0 spiro atoms. The minimum absolute atomic E-state index is 0.00593. The number of hydrogen-bond acceptors (Lipinski definition) is 3. The van der Waals surface area contributed by atoms with Gasteiger partial charge in [0.25, 0.3) is 0 Å². The maximum absolute atomic E-state index is 12.4. The van der Waals surface area contributed by atoms with Crippen LogP contribution in [0.1, 0.15) is 117 Å². The zero-order valence-corrected chi connectivity index (χ0v) is 42.6. The van der Waals surface area contributed by atoms with Gasteiger partial charge in [0.2, 0.25) is 0 Å². The molecular weight excluding hydrogens is 839 g/mol. The van der Waals surface area contributed by atoms with Crippen LogP contribution in [-0.4, -0.2) is 19.6 Å². The van der Waals surface area contributed by atoms with E-state index in [2.05, 4.69) is 251 Å². The summed E-state index contributed by atoms with van der Waals surface area (Å²) in [7, 11) is 0. The van der Waals surface area contributed by atoms with Gasteiger partial charge in [-0.2, -0.15) is 0 Å². The minimum atomic E-state index is -0.155. The first kappa shape index (κ1) is 47.0. The number of aromatic hydroxyl groups is 1. The molecule has 0 fully saturated rings. The zero-order chi connectivity index (χ0) is 49.0. The number of imidazole rings is 1. The third kappa shape index (κ3) is 9.06. The van der Waals surface area contributed by atoms with Gasteiger partial charge in [-0.3, -0.25) is 9.55 Å². The minimum Gasteiger partial charge on any atom is -0.507 e. The second kappa shape index (κ2) is 18.1. The lowest BCUT2D eigenvalue weighted by Gasteiger charge is -2.40. The van der Waals surface area contributed by atoms with Gasteiger partial charge in [-0.25, -0.2) is 4.98 Å². The molecule has 0 aliphatic rings. The van der Waals surface area contributed by atoms with Gasteiger partial charge in [0, 0.05) is 22.9 Å². The molecule has 0 amide bonds. The number of rotatable bonds is 10. The van der Waals surface area contributed by atoms with E-state index < -0.39 is 0 Å². The second-order valence-electron chi connectivity index (χ2n) is 22.2. The molecule has 0 saturated carbocycles. The van der Waals surface area contributed by atoms with E-state index in [0.717, 1.165) is 72.5 Å². The van der Waals surface area contributed by atoms with E-state index >= 15 is 0 Å². The summed E-state index contributed by atoms with van der Waals surface area (Å²) >= 11 is 0. The van der Waals surface area contributed by atoms with Crippen LogP contribution in [0.25, 0.3) is 83.9 Å². The Hall–Kier alpha value is -7.04. The quantitative estimate of drug-likeness (QED) is 0.149. The highest BCUT2D eigenvalue weighted by atomic mass is 16.3. The van der Waals surface area contributed by atoms with Gasteiger partial charge in [-0.1, -0.05) is 198 Å². The molecule has 1 N–H and O–H groups in total. The summed E-state index contributed by atoms with van der Waals surface area (Å²) in [4.78, 5) is 10.7. The molecule has 0 radical (unpaired) electrons. The standard InChI is InChI=1S/C65H67N3O/c1-41(2)48-37-54(42(3)4)61(69)56(38-48)62-67-60-53(24-19-25-59(60)68(62)58-31-30-51(65(11,12)64(8,9)10)40-55(58)46-22-17-14-18-23-46)49-34-50(36-52(35-49)63(5,6)7)57-39-47(32-33-66-57)45-28-26-44(27-29-45)43-20-15-13-16-21-43/h13-42,69H,1-12H3. The van der Waals surface area contributed by atoms with Gasteiger partial charge >= 0.3 is 0 Å². The fourth-order valence-corrected chi connectivity index (χ4v) is 9.40. The van der Waals surface area contributed by atoms with E-state index in [1.807, 2.05) is 6.20 Å². The highest BCUT2D eigenvalue weighted by molar-refractivity contribution is 5.98. The van der Waals surface area contributed by atoms with Crippen molar-refractivity contribution in [2.75, 3.05) is 0 Å². The molecule has 348 valence electrons. The molecule has 0 aliphatic heterocycles. The first-order valence-electron chi connectivity index (χ1n) is 24.7. The van der Waals surface area contributed by atoms with Crippen molar-refractivity contribution in [3.63, 3.8) is 0 Å². The van der Waals surface area contributed by atoms with Crippen molar-refractivity contribution < 1.29 is 5.11 Å². The first-order chi connectivity index (χ1) is 32.8. The topological polar surface area (TPSA) is 50.9 Å². The number of para-hydroxylation sites is 1. The first-order valence-corrected chi connectivity index (χ1v) is 24.7. The van der Waals surface area contributed by atoms with E-state index in [1.165, 1.54) is 27.8 Å². The highest BCUT2D eigenvalue weighted by Gasteiger charge is 2.35. The van der Waals surface area contributed by atoms with Crippen molar-refractivity contribution in [2.45, 2.75) is 106 Å². The smallest absolute Gasteiger partial charge is 0.149 e. The Bertz CT molecular complexity index is 3300. The number of nitrogens with zero attached hydrogens (tertiary/aromatic N) is 3. The Morgan fingerprint density at radius 2 is 1.10 bits per heavy atom. The van der Waals surface area contributed by atoms with Crippen molar-refractivity contribution in [1.82, 2.24) is 14.5 Å². The third-order valence-corrected chi connectivity index (χ3v) is 14.8. The summed E-state index contributed by atoms with van der Waals surface area (Å²) < 4.78 is 2.31. The van der Waals surface area contributed by atoms with Crippen molar-refractivity contribution in [3.05, 3.63) is 192 Å². The average Bonchev–Trinajstić information content (AvgIpc) is 3.73. The van der Waals surface area contributed by atoms with E-state index in [0.29, 0.717) is 5.82 Å². The van der Waals surface area contributed by atoms with Crippen LogP contribution >= 0.6 is 0 Å². The number of fused-ring (bicyclic) bond motifs is 1. The van der Waals surface area contributed by atoms with Crippen LogP contribution in [-0.2, 0) is 10.8 Å². The third-order valence-electron chi connectivity index (χ3n) is 14.8. The maximum Gasteiger partial charge on any atom is 0.149 e. The average molecular weight is 906 g/mol. The highest BCUT2D eigenvalue weighted by Crippen LogP contribution is 2.47. The number of phenolic OH excluding ortho intramolecular Hbond substituents is 1. The lowest BCUT2D eigenvalue weighted by Crippen LogP contribution is -2.34. The fourth-order valence-electron chi connectivity index (χ4n) is 9.40. The van der Waals surface area contributed by atoms with Crippen LogP contribution in [0.3, 0.4) is 0 Å². The van der Waals surface area contributed by atoms with Crippen LogP contribution in [0.15, 0.2) is 170 Å².